The molecule has 174 valence electrons. The second kappa shape index (κ2) is 8.44. The minimum absolute atomic E-state index is 0.00755. The summed E-state index contributed by atoms with van der Waals surface area (Å²) in [5.74, 6) is 1.18. The van der Waals surface area contributed by atoms with Gasteiger partial charge in [0.15, 0.2) is 0 Å². The summed E-state index contributed by atoms with van der Waals surface area (Å²) in [6.07, 6.45) is 4.39. The molecule has 2 aromatic heterocycles. The summed E-state index contributed by atoms with van der Waals surface area (Å²) in [5.41, 5.74) is 5.25. The van der Waals surface area contributed by atoms with Crippen molar-refractivity contribution in [2.45, 2.75) is 39.2 Å². The topological polar surface area (TPSA) is 99.2 Å². The second-order valence-electron chi connectivity index (χ2n) is 9.40. The average Bonchev–Trinajstić information content (AvgIpc) is 3.40. The molecule has 0 saturated heterocycles. The lowest BCUT2D eigenvalue weighted by molar-refractivity contribution is -0.116. The minimum atomic E-state index is -0.260. The molecule has 2 amide bonds. The molecule has 8 nitrogen and oxygen atoms in total. The van der Waals surface area contributed by atoms with Crippen LogP contribution in [0.1, 0.15) is 47.8 Å². The first-order chi connectivity index (χ1) is 16.3. The van der Waals surface area contributed by atoms with E-state index in [4.69, 9.17) is 0 Å². The molecule has 8 heteroatoms. The van der Waals surface area contributed by atoms with E-state index >= 15 is 0 Å². The number of pyridine rings is 2. The zero-order valence-electron chi connectivity index (χ0n) is 19.6. The van der Waals surface area contributed by atoms with E-state index in [2.05, 4.69) is 39.8 Å². The number of hydrogen-bond donors (Lipinski definition) is 3. The Hall–Kier alpha value is -3.94. The number of anilines is 4. The summed E-state index contributed by atoms with van der Waals surface area (Å²) in [7, 11) is 0. The highest BCUT2D eigenvalue weighted by Crippen LogP contribution is 2.41. The Morgan fingerprint density at radius 2 is 2.00 bits per heavy atom. The molecule has 3 aromatic rings. The van der Waals surface area contributed by atoms with Crippen molar-refractivity contribution in [3.05, 3.63) is 71.0 Å². The number of benzene rings is 1. The van der Waals surface area contributed by atoms with Gasteiger partial charge >= 0.3 is 0 Å². The summed E-state index contributed by atoms with van der Waals surface area (Å²) in [4.78, 5) is 35.9. The molecular formula is C26H28N6O2. The number of nitrogens with zero attached hydrogens (tertiary/aromatic N) is 3. The van der Waals surface area contributed by atoms with Crippen molar-refractivity contribution < 1.29 is 9.59 Å². The fraction of sp³-hybridized carbons (Fsp3) is 0.308. The van der Waals surface area contributed by atoms with Gasteiger partial charge < -0.3 is 20.9 Å². The molecule has 0 radical (unpaired) electrons. The van der Waals surface area contributed by atoms with Crippen LogP contribution in [0.3, 0.4) is 0 Å². The van der Waals surface area contributed by atoms with Crippen molar-refractivity contribution in [3.8, 4) is 0 Å². The van der Waals surface area contributed by atoms with Crippen LogP contribution >= 0.6 is 0 Å². The van der Waals surface area contributed by atoms with E-state index in [0.717, 1.165) is 35.6 Å². The number of fused-ring (bicyclic) bond motifs is 2. The van der Waals surface area contributed by atoms with Crippen LogP contribution in [0, 0.1) is 0 Å². The molecular weight excluding hydrogens is 428 g/mol. The third-order valence-corrected chi connectivity index (χ3v) is 6.53. The van der Waals surface area contributed by atoms with E-state index < -0.39 is 0 Å². The highest BCUT2D eigenvalue weighted by molar-refractivity contribution is 6.08. The fourth-order valence-corrected chi connectivity index (χ4v) is 4.79. The molecule has 4 heterocycles. The Bertz CT molecular complexity index is 1290. The van der Waals surface area contributed by atoms with Crippen molar-refractivity contribution in [1.29, 1.82) is 0 Å². The van der Waals surface area contributed by atoms with Gasteiger partial charge in [-0.3, -0.25) is 9.59 Å². The Kier molecular flexibility index (Phi) is 5.43. The molecule has 0 unspecified atom stereocenters. The number of carbonyl (C=O) groups is 2. The van der Waals surface area contributed by atoms with E-state index in [9.17, 15) is 9.59 Å². The summed E-state index contributed by atoms with van der Waals surface area (Å²) in [6.45, 7) is 7.86. The maximum absolute atomic E-state index is 13.2. The normalized spacial score (nSPS) is 15.3. The van der Waals surface area contributed by atoms with E-state index in [1.165, 1.54) is 5.56 Å². The molecule has 3 N–H and O–H groups in total. The van der Waals surface area contributed by atoms with Crippen molar-refractivity contribution >= 4 is 34.8 Å². The van der Waals surface area contributed by atoms with Gasteiger partial charge in [-0.2, -0.15) is 0 Å². The lowest BCUT2D eigenvalue weighted by Crippen LogP contribution is -2.32. The van der Waals surface area contributed by atoms with E-state index in [-0.39, 0.29) is 17.2 Å². The molecule has 1 aromatic carbocycles. The molecule has 2 aliphatic heterocycles. The maximum atomic E-state index is 13.2. The molecule has 2 aliphatic rings. The number of carbonyl (C=O) groups excluding carboxylic acids is 2. The standard InChI is InChI=1S/C26H28N6O2/c1-16(33)32-15-26(2,3)21-7-6-18(13-22(21)32)31-25(34)20-5-4-10-27-24(20)30-14-17-8-11-28-23-19(17)9-12-29-23/h4-8,10-11,13H,9,12,14-15H2,1-3H3,(H,27,30)(H,28,29)(H,31,34). The maximum Gasteiger partial charge on any atom is 0.259 e. The Labute approximate surface area is 198 Å². The number of nitrogens with one attached hydrogen (secondary N) is 3. The summed E-state index contributed by atoms with van der Waals surface area (Å²) < 4.78 is 0. The summed E-state index contributed by atoms with van der Waals surface area (Å²) >= 11 is 0. The number of hydrogen-bond acceptors (Lipinski definition) is 6. The van der Waals surface area contributed by atoms with Crippen LogP contribution in [-0.2, 0) is 23.2 Å². The first kappa shape index (κ1) is 21.9. The van der Waals surface area contributed by atoms with Crippen molar-refractivity contribution in [2.24, 2.45) is 0 Å². The lowest BCUT2D eigenvalue weighted by Gasteiger charge is -2.19. The zero-order valence-corrected chi connectivity index (χ0v) is 19.6. The SMILES string of the molecule is CC(=O)N1CC(C)(C)c2ccc(NC(=O)c3cccnc3NCc3ccnc4c3CCN4)cc21. The van der Waals surface area contributed by atoms with Crippen molar-refractivity contribution in [1.82, 2.24) is 9.97 Å². The molecule has 0 fully saturated rings. The van der Waals surface area contributed by atoms with Crippen LogP contribution in [0.15, 0.2) is 48.8 Å². The number of rotatable bonds is 5. The molecule has 0 spiro atoms. The highest BCUT2D eigenvalue weighted by Gasteiger charge is 2.37. The van der Waals surface area contributed by atoms with Gasteiger partial charge in [0, 0.05) is 61.3 Å². The van der Waals surface area contributed by atoms with E-state index in [0.29, 0.717) is 30.2 Å². The van der Waals surface area contributed by atoms with Gasteiger partial charge in [0.25, 0.3) is 5.91 Å². The van der Waals surface area contributed by atoms with Gasteiger partial charge in [-0.05, 0) is 47.9 Å². The molecule has 34 heavy (non-hydrogen) atoms. The Morgan fingerprint density at radius 1 is 1.15 bits per heavy atom. The van der Waals surface area contributed by atoms with Crippen LogP contribution in [0.5, 0.6) is 0 Å². The minimum Gasteiger partial charge on any atom is -0.370 e. The molecule has 5 rings (SSSR count). The van der Waals surface area contributed by atoms with Crippen molar-refractivity contribution in [2.75, 3.05) is 33.9 Å². The monoisotopic (exact) mass is 456 g/mol. The van der Waals surface area contributed by atoms with Crippen LogP contribution in [-0.4, -0.2) is 34.9 Å². The molecule has 0 aliphatic carbocycles. The molecule has 0 saturated carbocycles. The van der Waals surface area contributed by atoms with E-state index in [1.54, 1.807) is 36.4 Å². The molecule has 0 atom stereocenters. The lowest BCUT2D eigenvalue weighted by atomic mass is 9.87. The van der Waals surface area contributed by atoms with Crippen molar-refractivity contribution in [3.63, 3.8) is 0 Å². The summed E-state index contributed by atoms with van der Waals surface area (Å²) in [6, 6.07) is 11.3. The van der Waals surface area contributed by atoms with Gasteiger partial charge in [-0.15, -0.1) is 0 Å². The van der Waals surface area contributed by atoms with Gasteiger partial charge in [0.2, 0.25) is 5.91 Å². The number of amides is 2. The quantitative estimate of drug-likeness (QED) is 0.538. The van der Waals surface area contributed by atoms with Crippen LogP contribution in [0.25, 0.3) is 0 Å². The second-order valence-corrected chi connectivity index (χ2v) is 9.40. The number of aromatic nitrogens is 2. The van der Waals surface area contributed by atoms with E-state index in [1.807, 2.05) is 24.3 Å². The van der Waals surface area contributed by atoms with Crippen LogP contribution < -0.4 is 20.9 Å². The Balaban J connectivity index is 1.35. The fourth-order valence-electron chi connectivity index (χ4n) is 4.79. The first-order valence-electron chi connectivity index (χ1n) is 11.5. The van der Waals surface area contributed by atoms with Gasteiger partial charge in [-0.1, -0.05) is 19.9 Å². The van der Waals surface area contributed by atoms with Gasteiger partial charge in [0.1, 0.15) is 11.6 Å². The average molecular weight is 457 g/mol. The predicted molar refractivity (Wildman–Crippen MR) is 133 cm³/mol. The first-order valence-corrected chi connectivity index (χ1v) is 11.5. The zero-order chi connectivity index (χ0) is 23.9. The van der Waals surface area contributed by atoms with Gasteiger partial charge in [0.05, 0.1) is 5.56 Å². The van der Waals surface area contributed by atoms with Gasteiger partial charge in [-0.25, -0.2) is 9.97 Å². The highest BCUT2D eigenvalue weighted by atomic mass is 16.2. The molecule has 0 bridgehead atoms. The third kappa shape index (κ3) is 3.96. The van der Waals surface area contributed by atoms with Crippen LogP contribution in [0.4, 0.5) is 23.0 Å². The smallest absolute Gasteiger partial charge is 0.259 e. The Morgan fingerprint density at radius 3 is 2.82 bits per heavy atom. The summed E-state index contributed by atoms with van der Waals surface area (Å²) in [5, 5.41) is 9.58. The van der Waals surface area contributed by atoms with Crippen LogP contribution in [0.2, 0.25) is 0 Å². The largest absolute Gasteiger partial charge is 0.370 e. The predicted octanol–water partition coefficient (Wildman–Crippen LogP) is 3.95. The third-order valence-electron chi connectivity index (χ3n) is 6.53.